The summed E-state index contributed by atoms with van der Waals surface area (Å²) < 4.78 is 0. The average molecular weight is 288 g/mol. The molecule has 0 aromatic heterocycles. The molecule has 0 bridgehead atoms. The second-order valence-electron chi connectivity index (χ2n) is 5.46. The van der Waals surface area contributed by atoms with E-state index < -0.39 is 0 Å². The molecule has 2 atom stereocenters. The van der Waals surface area contributed by atoms with Gasteiger partial charge in [-0.15, -0.1) is 6.58 Å². The van der Waals surface area contributed by atoms with Gasteiger partial charge in [-0.25, -0.2) is 0 Å². The summed E-state index contributed by atoms with van der Waals surface area (Å²) in [6.07, 6.45) is 11.5. The molecule has 0 spiro atoms. The van der Waals surface area contributed by atoms with Crippen molar-refractivity contribution in [3.05, 3.63) is 60.7 Å². The van der Waals surface area contributed by atoms with Gasteiger partial charge in [0.25, 0.3) is 0 Å². The van der Waals surface area contributed by atoms with Crippen LogP contribution in [0.1, 0.15) is 44.1 Å². The SMILES string of the molecule is C=C[C@@H](O)CCCCC/C=C/[C@@H](O)CCc1ccccc1. The summed E-state index contributed by atoms with van der Waals surface area (Å²) in [5.41, 5.74) is 1.27. The molecule has 2 N–H and O–H groups in total. The molecule has 1 aromatic rings. The van der Waals surface area contributed by atoms with E-state index in [1.54, 1.807) is 6.08 Å². The highest BCUT2D eigenvalue weighted by Crippen LogP contribution is 2.09. The van der Waals surface area contributed by atoms with Crippen molar-refractivity contribution in [1.82, 2.24) is 0 Å². The Morgan fingerprint density at radius 3 is 2.43 bits per heavy atom. The van der Waals surface area contributed by atoms with Crippen LogP contribution < -0.4 is 0 Å². The maximum atomic E-state index is 9.89. The van der Waals surface area contributed by atoms with E-state index in [0.29, 0.717) is 0 Å². The fourth-order valence-corrected chi connectivity index (χ4v) is 2.22. The van der Waals surface area contributed by atoms with Crippen LogP contribution in [0.3, 0.4) is 0 Å². The van der Waals surface area contributed by atoms with E-state index in [4.69, 9.17) is 0 Å². The van der Waals surface area contributed by atoms with Gasteiger partial charge in [-0.3, -0.25) is 0 Å². The molecule has 0 saturated carbocycles. The van der Waals surface area contributed by atoms with Gasteiger partial charge in [0.1, 0.15) is 0 Å². The van der Waals surface area contributed by atoms with E-state index >= 15 is 0 Å². The summed E-state index contributed by atoms with van der Waals surface area (Å²) in [5, 5.41) is 19.2. The summed E-state index contributed by atoms with van der Waals surface area (Å²) in [5.74, 6) is 0. The first-order valence-corrected chi connectivity index (χ1v) is 7.91. The van der Waals surface area contributed by atoms with Crippen LogP contribution in [-0.2, 0) is 6.42 Å². The van der Waals surface area contributed by atoms with Crippen LogP contribution in [0.5, 0.6) is 0 Å². The number of aliphatic hydroxyl groups excluding tert-OH is 2. The molecule has 0 unspecified atom stereocenters. The smallest absolute Gasteiger partial charge is 0.0724 e. The zero-order valence-corrected chi connectivity index (χ0v) is 12.8. The summed E-state index contributed by atoms with van der Waals surface area (Å²) >= 11 is 0. The molecule has 0 aliphatic rings. The van der Waals surface area contributed by atoms with Crippen LogP contribution in [0.25, 0.3) is 0 Å². The molecule has 2 heteroatoms. The van der Waals surface area contributed by atoms with Gasteiger partial charge in [0.05, 0.1) is 12.2 Å². The first kappa shape index (κ1) is 17.7. The molecule has 0 aliphatic carbocycles. The van der Waals surface area contributed by atoms with E-state index in [0.717, 1.165) is 44.9 Å². The molecule has 0 saturated heterocycles. The molecule has 0 heterocycles. The van der Waals surface area contributed by atoms with Crippen molar-refractivity contribution in [3.63, 3.8) is 0 Å². The second kappa shape index (κ2) is 11.3. The van der Waals surface area contributed by atoms with Crippen LogP contribution in [0.2, 0.25) is 0 Å². The minimum atomic E-state index is -0.361. The molecule has 0 fully saturated rings. The topological polar surface area (TPSA) is 40.5 Å². The van der Waals surface area contributed by atoms with E-state index in [9.17, 15) is 10.2 Å². The van der Waals surface area contributed by atoms with Crippen molar-refractivity contribution in [2.75, 3.05) is 0 Å². The Hall–Kier alpha value is -1.38. The van der Waals surface area contributed by atoms with E-state index in [-0.39, 0.29) is 12.2 Å². The van der Waals surface area contributed by atoms with Gasteiger partial charge < -0.3 is 10.2 Å². The summed E-state index contributed by atoms with van der Waals surface area (Å²) in [6.45, 7) is 3.56. The van der Waals surface area contributed by atoms with Crippen molar-refractivity contribution >= 4 is 0 Å². The van der Waals surface area contributed by atoms with Gasteiger partial charge in [0.15, 0.2) is 0 Å². The molecule has 21 heavy (non-hydrogen) atoms. The normalized spacial score (nSPS) is 14.2. The number of allylic oxidation sites excluding steroid dienone is 1. The average Bonchev–Trinajstić information content (AvgIpc) is 2.52. The highest BCUT2D eigenvalue weighted by Gasteiger charge is 2.00. The number of aryl methyl sites for hydroxylation is 1. The number of hydrogen-bond acceptors (Lipinski definition) is 2. The number of hydrogen-bond donors (Lipinski definition) is 2. The standard InChI is InChI=1S/C19H28O2/c1-2-18(20)13-9-4-3-5-10-14-19(21)16-15-17-11-7-6-8-12-17/h2,6-8,10-12,14,18-21H,1,3-5,9,13,15-16H2/b14-10+/t18-,19-/m1/s1. The lowest BCUT2D eigenvalue weighted by Crippen LogP contribution is -2.03. The molecule has 116 valence electrons. The predicted molar refractivity (Wildman–Crippen MR) is 89.2 cm³/mol. The quantitative estimate of drug-likeness (QED) is 0.476. The zero-order valence-electron chi connectivity index (χ0n) is 12.8. The second-order valence-corrected chi connectivity index (χ2v) is 5.46. The molecule has 1 rings (SSSR count). The Morgan fingerprint density at radius 1 is 0.952 bits per heavy atom. The maximum absolute atomic E-state index is 9.89. The lowest BCUT2D eigenvalue weighted by Gasteiger charge is -2.06. The van der Waals surface area contributed by atoms with E-state index in [1.165, 1.54) is 5.56 Å². The third kappa shape index (κ3) is 9.22. The highest BCUT2D eigenvalue weighted by atomic mass is 16.3. The summed E-state index contributed by atoms with van der Waals surface area (Å²) in [4.78, 5) is 0. The van der Waals surface area contributed by atoms with Crippen LogP contribution in [-0.4, -0.2) is 22.4 Å². The van der Waals surface area contributed by atoms with Gasteiger partial charge in [-0.2, -0.15) is 0 Å². The molecule has 0 amide bonds. The molecule has 0 aliphatic heterocycles. The number of benzene rings is 1. The van der Waals surface area contributed by atoms with Crippen LogP contribution in [0.4, 0.5) is 0 Å². The number of unbranched alkanes of at least 4 members (excludes halogenated alkanes) is 3. The van der Waals surface area contributed by atoms with Crippen LogP contribution in [0, 0.1) is 0 Å². The molecular weight excluding hydrogens is 260 g/mol. The number of aliphatic hydroxyl groups is 2. The fourth-order valence-electron chi connectivity index (χ4n) is 2.22. The minimum Gasteiger partial charge on any atom is -0.389 e. The van der Waals surface area contributed by atoms with Crippen molar-refractivity contribution in [2.24, 2.45) is 0 Å². The maximum Gasteiger partial charge on any atom is 0.0724 e. The van der Waals surface area contributed by atoms with E-state index in [1.807, 2.05) is 24.3 Å². The Labute approximate surface area is 128 Å². The van der Waals surface area contributed by atoms with Gasteiger partial charge in [-0.1, -0.05) is 61.4 Å². The summed E-state index contributed by atoms with van der Waals surface area (Å²) in [6, 6.07) is 10.2. The zero-order chi connectivity index (χ0) is 15.3. The third-order valence-corrected chi connectivity index (χ3v) is 3.57. The molecule has 2 nitrogen and oxygen atoms in total. The Balaban J connectivity index is 2.03. The number of rotatable bonds is 11. The van der Waals surface area contributed by atoms with Gasteiger partial charge in [-0.05, 0) is 37.7 Å². The molecular formula is C19H28O2. The highest BCUT2D eigenvalue weighted by molar-refractivity contribution is 5.15. The Bertz CT molecular complexity index is 397. The fraction of sp³-hybridized carbons (Fsp3) is 0.474. The monoisotopic (exact) mass is 288 g/mol. The first-order chi connectivity index (χ1) is 10.2. The van der Waals surface area contributed by atoms with Gasteiger partial charge in [0, 0.05) is 0 Å². The Kier molecular flexibility index (Phi) is 9.51. The van der Waals surface area contributed by atoms with Crippen LogP contribution >= 0.6 is 0 Å². The predicted octanol–water partition coefficient (Wildman–Crippen LogP) is 4.03. The van der Waals surface area contributed by atoms with Crippen molar-refractivity contribution in [3.8, 4) is 0 Å². The van der Waals surface area contributed by atoms with Crippen molar-refractivity contribution < 1.29 is 10.2 Å². The Morgan fingerprint density at radius 2 is 1.71 bits per heavy atom. The minimum absolute atomic E-state index is 0.354. The van der Waals surface area contributed by atoms with Gasteiger partial charge >= 0.3 is 0 Å². The lowest BCUT2D eigenvalue weighted by molar-refractivity contribution is 0.208. The van der Waals surface area contributed by atoms with Crippen molar-refractivity contribution in [2.45, 2.75) is 57.2 Å². The van der Waals surface area contributed by atoms with Crippen molar-refractivity contribution in [1.29, 1.82) is 0 Å². The lowest BCUT2D eigenvalue weighted by atomic mass is 10.1. The van der Waals surface area contributed by atoms with Gasteiger partial charge in [0.2, 0.25) is 0 Å². The largest absolute Gasteiger partial charge is 0.389 e. The van der Waals surface area contributed by atoms with E-state index in [2.05, 4.69) is 24.8 Å². The first-order valence-electron chi connectivity index (χ1n) is 7.91. The van der Waals surface area contributed by atoms with Crippen LogP contribution in [0.15, 0.2) is 55.1 Å². The summed E-state index contributed by atoms with van der Waals surface area (Å²) in [7, 11) is 0. The molecule has 0 radical (unpaired) electrons. The third-order valence-electron chi connectivity index (χ3n) is 3.57. The molecule has 1 aromatic carbocycles.